The first-order valence-corrected chi connectivity index (χ1v) is 3.95. The van der Waals surface area contributed by atoms with Gasteiger partial charge in [0.25, 0.3) is 6.43 Å². The minimum absolute atomic E-state index is 0.347. The zero-order valence-electron chi connectivity index (χ0n) is 7.65. The standard InChI is InChI=1S/C8H4F3N3O2/c9-6-5(7(10)11)4(1-2-12)3-13-8(6)14(15)16/h3,7H,1H2. The van der Waals surface area contributed by atoms with Crippen molar-refractivity contribution in [3.63, 3.8) is 0 Å². The SMILES string of the molecule is N#CCc1cnc([N+](=O)[O-])c(F)c1C(F)F. The summed E-state index contributed by atoms with van der Waals surface area (Å²) in [7, 11) is 0. The number of nitro groups is 1. The van der Waals surface area contributed by atoms with Gasteiger partial charge in [0, 0.05) is 5.56 Å². The van der Waals surface area contributed by atoms with Gasteiger partial charge in [-0.2, -0.15) is 9.65 Å². The molecule has 84 valence electrons. The number of nitrogens with zero attached hydrogens (tertiary/aromatic N) is 3. The van der Waals surface area contributed by atoms with Crippen molar-refractivity contribution >= 4 is 5.82 Å². The molecular weight excluding hydrogens is 227 g/mol. The van der Waals surface area contributed by atoms with E-state index in [-0.39, 0.29) is 5.56 Å². The molecule has 0 N–H and O–H groups in total. The third-order valence-corrected chi connectivity index (χ3v) is 1.78. The van der Waals surface area contributed by atoms with Gasteiger partial charge in [0.15, 0.2) is 0 Å². The topological polar surface area (TPSA) is 79.8 Å². The van der Waals surface area contributed by atoms with Gasteiger partial charge >= 0.3 is 5.82 Å². The van der Waals surface area contributed by atoms with Crippen LogP contribution in [0.2, 0.25) is 0 Å². The summed E-state index contributed by atoms with van der Waals surface area (Å²) >= 11 is 0. The predicted molar refractivity (Wildman–Crippen MR) is 45.1 cm³/mol. The highest BCUT2D eigenvalue weighted by Crippen LogP contribution is 2.29. The van der Waals surface area contributed by atoms with Crippen LogP contribution in [-0.2, 0) is 6.42 Å². The molecule has 8 heteroatoms. The number of rotatable bonds is 3. The highest BCUT2D eigenvalue weighted by Gasteiger charge is 2.28. The Labute approximate surface area is 87.3 Å². The van der Waals surface area contributed by atoms with Gasteiger partial charge in [0.1, 0.15) is 6.20 Å². The Bertz CT molecular complexity index is 470. The molecule has 0 aliphatic rings. The Hall–Kier alpha value is -2.17. The van der Waals surface area contributed by atoms with E-state index in [2.05, 4.69) is 4.98 Å². The third kappa shape index (κ3) is 2.08. The number of alkyl halides is 2. The highest BCUT2D eigenvalue weighted by atomic mass is 19.3. The molecule has 0 aliphatic heterocycles. The maximum absolute atomic E-state index is 13.3. The number of hydrogen-bond donors (Lipinski definition) is 0. The molecule has 5 nitrogen and oxygen atoms in total. The van der Waals surface area contributed by atoms with Crippen molar-refractivity contribution in [1.82, 2.24) is 4.98 Å². The van der Waals surface area contributed by atoms with Crippen LogP contribution in [0.4, 0.5) is 19.0 Å². The van der Waals surface area contributed by atoms with E-state index in [1.807, 2.05) is 0 Å². The van der Waals surface area contributed by atoms with Crippen molar-refractivity contribution in [2.45, 2.75) is 12.8 Å². The first kappa shape index (κ1) is 11.9. The molecule has 0 atom stereocenters. The average Bonchev–Trinajstić information content (AvgIpc) is 2.17. The highest BCUT2D eigenvalue weighted by molar-refractivity contribution is 5.37. The Morgan fingerprint density at radius 1 is 1.62 bits per heavy atom. The fraction of sp³-hybridized carbons (Fsp3) is 0.250. The summed E-state index contributed by atoms with van der Waals surface area (Å²) in [4.78, 5) is 12.1. The molecule has 0 radical (unpaired) electrons. The molecule has 1 aromatic rings. The van der Waals surface area contributed by atoms with Gasteiger partial charge in [-0.25, -0.2) is 8.78 Å². The lowest BCUT2D eigenvalue weighted by Crippen LogP contribution is -2.05. The summed E-state index contributed by atoms with van der Waals surface area (Å²) in [5, 5.41) is 18.6. The largest absolute Gasteiger partial charge is 0.400 e. The van der Waals surface area contributed by atoms with Crippen molar-refractivity contribution in [1.29, 1.82) is 5.26 Å². The van der Waals surface area contributed by atoms with Crippen LogP contribution in [0, 0.1) is 27.3 Å². The lowest BCUT2D eigenvalue weighted by molar-refractivity contribution is -0.392. The predicted octanol–water partition coefficient (Wildman–Crippen LogP) is 2.13. The normalized spacial score (nSPS) is 10.2. The number of aromatic nitrogens is 1. The molecule has 0 bridgehead atoms. The smallest absolute Gasteiger partial charge is 0.358 e. The molecule has 0 unspecified atom stereocenters. The summed E-state index contributed by atoms with van der Waals surface area (Å²) in [6.45, 7) is 0. The van der Waals surface area contributed by atoms with Crippen LogP contribution in [0.25, 0.3) is 0 Å². The lowest BCUT2D eigenvalue weighted by atomic mass is 10.1. The van der Waals surface area contributed by atoms with E-state index in [1.54, 1.807) is 6.07 Å². The van der Waals surface area contributed by atoms with Crippen LogP contribution >= 0.6 is 0 Å². The van der Waals surface area contributed by atoms with Crippen LogP contribution < -0.4 is 0 Å². The summed E-state index contributed by atoms with van der Waals surface area (Å²) in [6.07, 6.45) is -3.00. The fourth-order valence-corrected chi connectivity index (χ4v) is 1.12. The molecule has 0 saturated heterocycles. The van der Waals surface area contributed by atoms with Gasteiger partial charge in [0.05, 0.1) is 18.1 Å². The van der Waals surface area contributed by atoms with Gasteiger partial charge in [-0.1, -0.05) is 0 Å². The molecular formula is C8H4F3N3O2. The van der Waals surface area contributed by atoms with Crippen molar-refractivity contribution in [3.05, 3.63) is 33.3 Å². The van der Waals surface area contributed by atoms with Crippen molar-refractivity contribution < 1.29 is 18.1 Å². The van der Waals surface area contributed by atoms with E-state index in [0.717, 1.165) is 0 Å². The summed E-state index contributed by atoms with van der Waals surface area (Å²) in [5.41, 5.74) is -1.48. The molecule has 0 aliphatic carbocycles. The number of hydrogen-bond acceptors (Lipinski definition) is 4. The minimum Gasteiger partial charge on any atom is -0.358 e. The zero-order chi connectivity index (χ0) is 12.3. The van der Waals surface area contributed by atoms with Gasteiger partial charge < -0.3 is 10.1 Å². The molecule has 1 heterocycles. The Kier molecular flexibility index (Phi) is 3.40. The summed E-state index contributed by atoms with van der Waals surface area (Å²) in [6, 6.07) is 1.55. The van der Waals surface area contributed by atoms with Crippen LogP contribution in [0.5, 0.6) is 0 Å². The van der Waals surface area contributed by atoms with Crippen LogP contribution in [0.3, 0.4) is 0 Å². The molecule has 0 aromatic carbocycles. The van der Waals surface area contributed by atoms with E-state index < -0.39 is 35.0 Å². The zero-order valence-corrected chi connectivity index (χ0v) is 7.65. The molecule has 0 amide bonds. The average molecular weight is 231 g/mol. The number of nitriles is 1. The number of halogens is 3. The van der Waals surface area contributed by atoms with Crippen LogP contribution in [0.1, 0.15) is 17.6 Å². The number of pyridine rings is 1. The van der Waals surface area contributed by atoms with Gasteiger partial charge in [-0.05, 0) is 9.91 Å². The van der Waals surface area contributed by atoms with E-state index in [0.29, 0.717) is 6.20 Å². The first-order chi connectivity index (χ1) is 7.49. The molecule has 1 rings (SSSR count). The van der Waals surface area contributed by atoms with Gasteiger partial charge in [-0.15, -0.1) is 0 Å². The van der Waals surface area contributed by atoms with Crippen molar-refractivity contribution in [2.75, 3.05) is 0 Å². The summed E-state index contributed by atoms with van der Waals surface area (Å²) in [5.74, 6) is -2.95. The first-order valence-electron chi connectivity index (χ1n) is 3.95. The van der Waals surface area contributed by atoms with E-state index in [9.17, 15) is 23.3 Å². The maximum atomic E-state index is 13.3. The van der Waals surface area contributed by atoms with E-state index in [1.165, 1.54) is 0 Å². The van der Waals surface area contributed by atoms with Crippen LogP contribution in [-0.4, -0.2) is 9.91 Å². The van der Waals surface area contributed by atoms with Crippen LogP contribution in [0.15, 0.2) is 6.20 Å². The molecule has 0 fully saturated rings. The lowest BCUT2D eigenvalue weighted by Gasteiger charge is -2.05. The van der Waals surface area contributed by atoms with E-state index >= 15 is 0 Å². The molecule has 0 saturated carbocycles. The monoisotopic (exact) mass is 231 g/mol. The van der Waals surface area contributed by atoms with E-state index in [4.69, 9.17) is 5.26 Å². The fourth-order valence-electron chi connectivity index (χ4n) is 1.12. The molecule has 0 spiro atoms. The second kappa shape index (κ2) is 4.57. The minimum atomic E-state index is -3.23. The molecule has 16 heavy (non-hydrogen) atoms. The quantitative estimate of drug-likeness (QED) is 0.589. The van der Waals surface area contributed by atoms with Crippen molar-refractivity contribution in [3.8, 4) is 6.07 Å². The third-order valence-electron chi connectivity index (χ3n) is 1.78. The summed E-state index contributed by atoms with van der Waals surface area (Å²) < 4.78 is 38.2. The maximum Gasteiger partial charge on any atom is 0.400 e. The van der Waals surface area contributed by atoms with Gasteiger partial charge in [0.2, 0.25) is 5.82 Å². The molecule has 1 aromatic heterocycles. The second-order valence-corrected chi connectivity index (χ2v) is 2.73. The van der Waals surface area contributed by atoms with Crippen molar-refractivity contribution in [2.24, 2.45) is 0 Å². The van der Waals surface area contributed by atoms with Gasteiger partial charge in [-0.3, -0.25) is 0 Å². The Morgan fingerprint density at radius 3 is 2.69 bits per heavy atom. The Balaban J connectivity index is 3.42. The Morgan fingerprint density at radius 2 is 2.25 bits per heavy atom. The second-order valence-electron chi connectivity index (χ2n) is 2.73.